The largest absolute Gasteiger partial charge is 0.510 e. The Morgan fingerprint density at radius 1 is 1.25 bits per heavy atom. The number of allylic oxidation sites excluding steroid dienone is 1. The molecule has 0 amide bonds. The fourth-order valence-electron chi connectivity index (χ4n) is 2.86. The summed E-state index contributed by atoms with van der Waals surface area (Å²) in [7, 11) is 1.83. The molecular formula is C22H18ClN5O2S2. The van der Waals surface area contributed by atoms with Crippen LogP contribution in [0.1, 0.15) is 17.8 Å². The van der Waals surface area contributed by atoms with Crippen molar-refractivity contribution in [2.45, 2.75) is 23.9 Å². The van der Waals surface area contributed by atoms with Crippen LogP contribution in [0.2, 0.25) is 5.02 Å². The Balaban J connectivity index is 1.49. The number of benzene rings is 2. The average molecular weight is 484 g/mol. The number of aromatic nitrogens is 4. The van der Waals surface area contributed by atoms with E-state index in [-0.39, 0.29) is 17.9 Å². The number of thioether (sulfide) groups is 1. The first-order chi connectivity index (χ1) is 15.5. The Morgan fingerprint density at radius 2 is 2.00 bits per heavy atom. The summed E-state index contributed by atoms with van der Waals surface area (Å²) in [5, 5.41) is 30.2. The molecule has 162 valence electrons. The molecule has 0 saturated carbocycles. The molecule has 1 atom stereocenters. The number of fused-ring (bicyclic) bond motifs is 1. The van der Waals surface area contributed by atoms with Crippen LogP contribution in [0.5, 0.6) is 5.75 Å². The third-order valence-electron chi connectivity index (χ3n) is 4.65. The Hall–Kier alpha value is -3.06. The first-order valence-corrected chi connectivity index (χ1v) is 11.7. The Morgan fingerprint density at radius 3 is 2.72 bits per heavy atom. The second kappa shape index (κ2) is 9.61. The Labute approximate surface area is 198 Å². The molecule has 32 heavy (non-hydrogen) atoms. The molecule has 1 unspecified atom stereocenters. The molecule has 2 heterocycles. The van der Waals surface area contributed by atoms with Crippen LogP contribution < -0.4 is 4.74 Å². The molecule has 2 aromatic heterocycles. The van der Waals surface area contributed by atoms with Crippen molar-refractivity contribution in [3.8, 4) is 11.8 Å². The molecule has 2 aromatic carbocycles. The van der Waals surface area contributed by atoms with E-state index >= 15 is 0 Å². The lowest BCUT2D eigenvalue weighted by atomic mass is 10.2. The maximum absolute atomic E-state index is 10.8. The van der Waals surface area contributed by atoms with E-state index < -0.39 is 5.25 Å². The molecule has 10 heteroatoms. The highest BCUT2D eigenvalue weighted by Crippen LogP contribution is 2.33. The maximum Gasteiger partial charge on any atom is 0.191 e. The van der Waals surface area contributed by atoms with Crippen molar-refractivity contribution in [1.29, 1.82) is 5.26 Å². The summed E-state index contributed by atoms with van der Waals surface area (Å²) in [6, 6.07) is 16.8. The highest BCUT2D eigenvalue weighted by Gasteiger charge is 2.22. The molecule has 4 aromatic rings. The van der Waals surface area contributed by atoms with Gasteiger partial charge in [-0.1, -0.05) is 35.5 Å². The third-order valence-corrected chi connectivity index (χ3v) is 7.10. The first kappa shape index (κ1) is 22.1. The zero-order valence-electron chi connectivity index (χ0n) is 17.2. The lowest BCUT2D eigenvalue weighted by Crippen LogP contribution is -2.07. The van der Waals surface area contributed by atoms with Gasteiger partial charge in [0.15, 0.2) is 11.0 Å². The van der Waals surface area contributed by atoms with Crippen LogP contribution in [0.15, 0.2) is 59.4 Å². The van der Waals surface area contributed by atoms with E-state index in [2.05, 4.69) is 21.3 Å². The number of nitriles is 1. The van der Waals surface area contributed by atoms with E-state index in [1.165, 1.54) is 23.1 Å². The minimum atomic E-state index is -0.426. The summed E-state index contributed by atoms with van der Waals surface area (Å²) < 4.78 is 8.50. The minimum Gasteiger partial charge on any atom is -0.510 e. The van der Waals surface area contributed by atoms with Gasteiger partial charge in [0.1, 0.15) is 34.8 Å². The van der Waals surface area contributed by atoms with Crippen LogP contribution in [0, 0.1) is 11.3 Å². The van der Waals surface area contributed by atoms with Gasteiger partial charge < -0.3 is 14.4 Å². The SMILES string of the molecule is CC(Sc1nnc(COc2ccc(Cl)cc2)n1C)/C(O)=C(\C#N)c1nc2ccccc2s1. The molecule has 0 fully saturated rings. The molecule has 0 bridgehead atoms. The average Bonchev–Trinajstić information content (AvgIpc) is 3.37. The number of hydrogen-bond donors (Lipinski definition) is 1. The van der Waals surface area contributed by atoms with Gasteiger partial charge in [-0.05, 0) is 43.3 Å². The maximum atomic E-state index is 10.8. The standard InChI is InChI=1S/C22H18ClN5O2S2/c1-13(20(29)16(11-24)21-25-17-5-3-4-6-18(17)32-21)31-22-27-26-19(28(22)2)12-30-15-9-7-14(23)8-10-15/h3-10,13,29H,12H2,1-2H3/b20-16-. The van der Waals surface area contributed by atoms with Gasteiger partial charge in [0.2, 0.25) is 0 Å². The number of halogens is 1. The van der Waals surface area contributed by atoms with Crippen molar-refractivity contribution in [2.24, 2.45) is 7.05 Å². The van der Waals surface area contributed by atoms with Crippen LogP contribution in [-0.4, -0.2) is 30.1 Å². The van der Waals surface area contributed by atoms with E-state index in [1.54, 1.807) is 28.8 Å². The summed E-state index contributed by atoms with van der Waals surface area (Å²) in [4.78, 5) is 4.49. The van der Waals surface area contributed by atoms with E-state index in [1.807, 2.05) is 38.2 Å². The summed E-state index contributed by atoms with van der Waals surface area (Å²) in [6.07, 6.45) is 0. The number of aliphatic hydroxyl groups excluding tert-OH is 1. The van der Waals surface area contributed by atoms with Crippen LogP contribution in [0.3, 0.4) is 0 Å². The highest BCUT2D eigenvalue weighted by molar-refractivity contribution is 7.99. The number of rotatable bonds is 7. The zero-order valence-corrected chi connectivity index (χ0v) is 19.6. The van der Waals surface area contributed by atoms with Gasteiger partial charge in [0.25, 0.3) is 0 Å². The summed E-state index contributed by atoms with van der Waals surface area (Å²) in [6.45, 7) is 2.04. The lowest BCUT2D eigenvalue weighted by molar-refractivity contribution is 0.290. The fraction of sp³-hybridized carbons (Fsp3) is 0.182. The van der Waals surface area contributed by atoms with Crippen molar-refractivity contribution >= 4 is 50.5 Å². The van der Waals surface area contributed by atoms with Crippen molar-refractivity contribution < 1.29 is 9.84 Å². The molecule has 1 N–H and O–H groups in total. The summed E-state index contributed by atoms with van der Waals surface area (Å²) >= 11 is 8.57. The molecule has 0 aliphatic heterocycles. The van der Waals surface area contributed by atoms with Gasteiger partial charge in [-0.3, -0.25) is 0 Å². The predicted octanol–water partition coefficient (Wildman–Crippen LogP) is 5.63. The summed E-state index contributed by atoms with van der Waals surface area (Å²) in [5.74, 6) is 1.26. The lowest BCUT2D eigenvalue weighted by Gasteiger charge is -2.11. The molecule has 0 saturated heterocycles. The third kappa shape index (κ3) is 4.72. The van der Waals surface area contributed by atoms with E-state index in [0.29, 0.717) is 26.8 Å². The van der Waals surface area contributed by atoms with E-state index in [0.717, 1.165) is 10.2 Å². The molecule has 0 aliphatic rings. The van der Waals surface area contributed by atoms with E-state index in [4.69, 9.17) is 16.3 Å². The second-order valence-electron chi connectivity index (χ2n) is 6.82. The Bertz CT molecular complexity index is 1290. The normalized spacial score (nSPS) is 12.9. The van der Waals surface area contributed by atoms with Crippen molar-refractivity contribution in [3.63, 3.8) is 0 Å². The number of para-hydroxylation sites is 1. The van der Waals surface area contributed by atoms with E-state index in [9.17, 15) is 10.4 Å². The Kier molecular flexibility index (Phi) is 6.65. The molecule has 7 nitrogen and oxygen atoms in total. The molecule has 0 aliphatic carbocycles. The highest BCUT2D eigenvalue weighted by atomic mass is 35.5. The van der Waals surface area contributed by atoms with Gasteiger partial charge in [0, 0.05) is 12.1 Å². The van der Waals surface area contributed by atoms with Crippen LogP contribution >= 0.6 is 34.7 Å². The first-order valence-electron chi connectivity index (χ1n) is 9.58. The molecule has 0 radical (unpaired) electrons. The van der Waals surface area contributed by atoms with Gasteiger partial charge in [0.05, 0.1) is 15.5 Å². The number of hydrogen-bond acceptors (Lipinski definition) is 8. The predicted molar refractivity (Wildman–Crippen MR) is 127 cm³/mol. The quantitative estimate of drug-likeness (QED) is 0.206. The monoisotopic (exact) mass is 483 g/mol. The smallest absolute Gasteiger partial charge is 0.191 e. The topological polar surface area (TPSA) is 96.9 Å². The van der Waals surface area contributed by atoms with Crippen LogP contribution in [0.4, 0.5) is 0 Å². The molecule has 0 spiro atoms. The van der Waals surface area contributed by atoms with Gasteiger partial charge in [-0.2, -0.15) is 5.26 Å². The second-order valence-corrected chi connectivity index (χ2v) is 9.59. The van der Waals surface area contributed by atoms with Crippen LogP contribution in [-0.2, 0) is 13.7 Å². The number of ether oxygens (including phenoxy) is 1. The fourth-order valence-corrected chi connectivity index (χ4v) is 4.86. The van der Waals surface area contributed by atoms with Gasteiger partial charge >= 0.3 is 0 Å². The number of nitrogens with zero attached hydrogens (tertiary/aromatic N) is 5. The van der Waals surface area contributed by atoms with Gasteiger partial charge in [-0.25, -0.2) is 4.98 Å². The van der Waals surface area contributed by atoms with Gasteiger partial charge in [-0.15, -0.1) is 21.5 Å². The number of thiazole rings is 1. The van der Waals surface area contributed by atoms with Crippen molar-refractivity contribution in [1.82, 2.24) is 19.7 Å². The molecular weight excluding hydrogens is 466 g/mol. The summed E-state index contributed by atoms with van der Waals surface area (Å²) in [5.41, 5.74) is 0.964. The van der Waals surface area contributed by atoms with Crippen LogP contribution in [0.25, 0.3) is 15.8 Å². The minimum absolute atomic E-state index is 0.0430. The molecule has 4 rings (SSSR count). The zero-order chi connectivity index (χ0) is 22.7. The number of aliphatic hydroxyl groups is 1. The van der Waals surface area contributed by atoms with Crippen molar-refractivity contribution in [3.05, 3.63) is 70.1 Å². The van der Waals surface area contributed by atoms with Crippen molar-refractivity contribution in [2.75, 3.05) is 0 Å².